The first kappa shape index (κ1) is 38.1. The van der Waals surface area contributed by atoms with Gasteiger partial charge in [0.1, 0.15) is 19.3 Å². The summed E-state index contributed by atoms with van der Waals surface area (Å²) in [5.74, 6) is 0.179. The summed E-state index contributed by atoms with van der Waals surface area (Å²) in [7, 11) is 0. The SMILES string of the molecule is CCCCC/C=C\C/C=C\CC1OC1C/C=C\CCCC(=O)OC[C@H](O)COC(=O)CCCCCCCCC(C)CC. The van der Waals surface area contributed by atoms with Crippen LogP contribution in [0.5, 0.6) is 0 Å². The molecule has 0 bridgehead atoms. The van der Waals surface area contributed by atoms with Crippen molar-refractivity contribution in [1.29, 1.82) is 0 Å². The molecule has 1 saturated heterocycles. The number of carbonyl (C=O) groups excluding carboxylic acids is 2. The number of aliphatic hydroxyl groups excluding tert-OH is 1. The highest BCUT2D eigenvalue weighted by Crippen LogP contribution is 2.29. The van der Waals surface area contributed by atoms with Crippen LogP contribution >= 0.6 is 0 Å². The molecule has 1 aliphatic rings. The average molecular weight is 591 g/mol. The minimum absolute atomic E-state index is 0.138. The summed E-state index contributed by atoms with van der Waals surface area (Å²) in [6, 6.07) is 0. The molecule has 1 rings (SSSR count). The van der Waals surface area contributed by atoms with Crippen molar-refractivity contribution in [2.45, 2.75) is 161 Å². The van der Waals surface area contributed by atoms with E-state index in [1.54, 1.807) is 0 Å². The number of hydrogen-bond acceptors (Lipinski definition) is 6. The van der Waals surface area contributed by atoms with Crippen LogP contribution in [-0.2, 0) is 23.8 Å². The van der Waals surface area contributed by atoms with E-state index in [9.17, 15) is 14.7 Å². The van der Waals surface area contributed by atoms with Gasteiger partial charge in [0, 0.05) is 12.8 Å². The lowest BCUT2D eigenvalue weighted by molar-refractivity contribution is -0.152. The molecular formula is C36H62O6. The van der Waals surface area contributed by atoms with Crippen LogP contribution in [0.3, 0.4) is 0 Å². The summed E-state index contributed by atoms with van der Waals surface area (Å²) in [6.07, 6.45) is 32.3. The molecule has 42 heavy (non-hydrogen) atoms. The van der Waals surface area contributed by atoms with E-state index < -0.39 is 6.10 Å². The minimum atomic E-state index is -0.989. The topological polar surface area (TPSA) is 85.4 Å². The van der Waals surface area contributed by atoms with E-state index in [1.165, 1.54) is 57.8 Å². The predicted molar refractivity (Wildman–Crippen MR) is 172 cm³/mol. The van der Waals surface area contributed by atoms with Gasteiger partial charge in [-0.25, -0.2) is 0 Å². The van der Waals surface area contributed by atoms with Crippen LogP contribution in [0, 0.1) is 5.92 Å². The standard InChI is InChI=1S/C36H62O6/c1-4-6-7-8-9-10-11-15-20-25-33-34(42-33)26-21-17-18-23-28-36(39)41-30-32(37)29-40-35(38)27-22-16-13-12-14-19-24-31(3)5-2/h9-10,15,17,20-21,31-34,37H,4-8,11-14,16,18-19,22-30H2,1-3H3/b10-9-,20-15-,21-17-/t31?,32-,33?,34?/m1/s1. The number of allylic oxidation sites excluding steroid dienone is 4. The van der Waals surface area contributed by atoms with Crippen LogP contribution in [0.4, 0.5) is 0 Å². The normalized spacial score (nSPS) is 18.2. The molecule has 0 spiro atoms. The number of aliphatic hydroxyl groups is 1. The van der Waals surface area contributed by atoms with Crippen LogP contribution in [0.25, 0.3) is 0 Å². The van der Waals surface area contributed by atoms with Gasteiger partial charge in [0.15, 0.2) is 0 Å². The lowest BCUT2D eigenvalue weighted by Crippen LogP contribution is -2.25. The predicted octanol–water partition coefficient (Wildman–Crippen LogP) is 8.96. The Morgan fingerprint density at radius 1 is 0.714 bits per heavy atom. The third-order valence-corrected chi connectivity index (χ3v) is 7.82. The fraction of sp³-hybridized carbons (Fsp3) is 0.778. The molecule has 0 aromatic carbocycles. The third-order valence-electron chi connectivity index (χ3n) is 7.82. The monoisotopic (exact) mass is 590 g/mol. The van der Waals surface area contributed by atoms with Crippen molar-refractivity contribution in [3.63, 3.8) is 0 Å². The zero-order valence-corrected chi connectivity index (χ0v) is 27.1. The Kier molecular flexibility index (Phi) is 24.2. The number of epoxide rings is 1. The van der Waals surface area contributed by atoms with Gasteiger partial charge >= 0.3 is 11.9 Å². The zero-order valence-electron chi connectivity index (χ0n) is 27.1. The van der Waals surface area contributed by atoms with Gasteiger partial charge in [0.05, 0.1) is 12.2 Å². The highest BCUT2D eigenvalue weighted by molar-refractivity contribution is 5.69. The second-order valence-corrected chi connectivity index (χ2v) is 11.9. The van der Waals surface area contributed by atoms with E-state index in [2.05, 4.69) is 57.2 Å². The van der Waals surface area contributed by atoms with Crippen molar-refractivity contribution < 1.29 is 28.9 Å². The Balaban J connectivity index is 1.92. The number of hydrogen-bond donors (Lipinski definition) is 1. The maximum absolute atomic E-state index is 11.9. The summed E-state index contributed by atoms with van der Waals surface area (Å²) < 4.78 is 16.0. The molecule has 1 N–H and O–H groups in total. The molecule has 1 aliphatic heterocycles. The quantitative estimate of drug-likeness (QED) is 0.0424. The molecule has 0 aromatic heterocycles. The third kappa shape index (κ3) is 23.6. The van der Waals surface area contributed by atoms with Crippen LogP contribution < -0.4 is 0 Å². The molecule has 0 aliphatic carbocycles. The molecule has 0 radical (unpaired) electrons. The zero-order chi connectivity index (χ0) is 30.7. The maximum Gasteiger partial charge on any atom is 0.305 e. The van der Waals surface area contributed by atoms with Crippen molar-refractivity contribution in [2.24, 2.45) is 5.92 Å². The Hall–Kier alpha value is -1.92. The Morgan fingerprint density at radius 2 is 1.26 bits per heavy atom. The van der Waals surface area contributed by atoms with Crippen LogP contribution in [0.2, 0.25) is 0 Å². The largest absolute Gasteiger partial charge is 0.463 e. The number of rotatable bonds is 28. The molecule has 242 valence electrons. The number of carbonyl (C=O) groups is 2. The summed E-state index contributed by atoms with van der Waals surface area (Å²) in [4.78, 5) is 23.8. The summed E-state index contributed by atoms with van der Waals surface area (Å²) >= 11 is 0. The molecule has 0 saturated carbocycles. The van der Waals surface area contributed by atoms with Crippen molar-refractivity contribution in [3.8, 4) is 0 Å². The van der Waals surface area contributed by atoms with Crippen LogP contribution in [0.15, 0.2) is 36.5 Å². The van der Waals surface area contributed by atoms with E-state index >= 15 is 0 Å². The lowest BCUT2D eigenvalue weighted by atomic mass is 10.00. The van der Waals surface area contributed by atoms with E-state index in [0.29, 0.717) is 31.5 Å². The van der Waals surface area contributed by atoms with Gasteiger partial charge in [0.25, 0.3) is 0 Å². The second-order valence-electron chi connectivity index (χ2n) is 11.9. The summed E-state index contributed by atoms with van der Waals surface area (Å²) in [5, 5.41) is 9.96. The molecule has 0 aromatic rings. The van der Waals surface area contributed by atoms with Gasteiger partial charge in [-0.1, -0.05) is 115 Å². The van der Waals surface area contributed by atoms with Crippen molar-refractivity contribution in [3.05, 3.63) is 36.5 Å². The Morgan fingerprint density at radius 3 is 1.93 bits per heavy atom. The van der Waals surface area contributed by atoms with Crippen LogP contribution in [-0.4, -0.2) is 48.6 Å². The number of ether oxygens (including phenoxy) is 3. The number of unbranched alkanes of at least 4 members (excludes halogenated alkanes) is 9. The molecule has 0 amide bonds. The van der Waals surface area contributed by atoms with E-state index in [4.69, 9.17) is 14.2 Å². The summed E-state index contributed by atoms with van der Waals surface area (Å²) in [6.45, 7) is 6.49. The van der Waals surface area contributed by atoms with Gasteiger partial charge < -0.3 is 19.3 Å². The highest BCUT2D eigenvalue weighted by Gasteiger charge is 2.35. The van der Waals surface area contributed by atoms with Crippen molar-refractivity contribution >= 4 is 11.9 Å². The highest BCUT2D eigenvalue weighted by atomic mass is 16.6. The fourth-order valence-electron chi connectivity index (χ4n) is 4.68. The maximum atomic E-state index is 11.9. The molecule has 3 unspecified atom stereocenters. The van der Waals surface area contributed by atoms with E-state index in [-0.39, 0.29) is 25.2 Å². The second kappa shape index (κ2) is 26.7. The Labute approximate surface area is 257 Å². The molecular weight excluding hydrogens is 528 g/mol. The van der Waals surface area contributed by atoms with Gasteiger partial charge in [0.2, 0.25) is 0 Å². The smallest absolute Gasteiger partial charge is 0.305 e. The fourth-order valence-corrected chi connectivity index (χ4v) is 4.68. The first-order valence-corrected chi connectivity index (χ1v) is 17.1. The molecule has 4 atom stereocenters. The first-order valence-electron chi connectivity index (χ1n) is 17.1. The molecule has 6 heteroatoms. The summed E-state index contributed by atoms with van der Waals surface area (Å²) in [5.41, 5.74) is 0. The van der Waals surface area contributed by atoms with Crippen LogP contribution in [0.1, 0.15) is 143 Å². The van der Waals surface area contributed by atoms with Crippen molar-refractivity contribution in [2.75, 3.05) is 13.2 Å². The molecule has 1 fully saturated rings. The van der Waals surface area contributed by atoms with Gasteiger partial charge in [-0.3, -0.25) is 9.59 Å². The van der Waals surface area contributed by atoms with Gasteiger partial charge in [-0.05, 0) is 57.3 Å². The van der Waals surface area contributed by atoms with Gasteiger partial charge in [-0.15, -0.1) is 0 Å². The van der Waals surface area contributed by atoms with E-state index in [1.807, 2.05) is 0 Å². The number of esters is 2. The first-order chi connectivity index (χ1) is 20.5. The van der Waals surface area contributed by atoms with E-state index in [0.717, 1.165) is 50.9 Å². The average Bonchev–Trinajstić information content (AvgIpc) is 3.74. The minimum Gasteiger partial charge on any atom is -0.463 e. The molecule has 6 nitrogen and oxygen atoms in total. The lowest BCUT2D eigenvalue weighted by Gasteiger charge is -2.12. The van der Waals surface area contributed by atoms with Gasteiger partial charge in [-0.2, -0.15) is 0 Å². The van der Waals surface area contributed by atoms with Crippen molar-refractivity contribution in [1.82, 2.24) is 0 Å². The Bertz CT molecular complexity index is 758. The molecule has 1 heterocycles.